The van der Waals surface area contributed by atoms with E-state index in [-0.39, 0.29) is 39.3 Å². The quantitative estimate of drug-likeness (QED) is 0.361. The summed E-state index contributed by atoms with van der Waals surface area (Å²) in [5, 5.41) is 18.0. The Labute approximate surface area is 220 Å². The van der Waals surface area contributed by atoms with E-state index >= 15 is 0 Å². The summed E-state index contributed by atoms with van der Waals surface area (Å²) in [6.07, 6.45) is 1.52. The Morgan fingerprint density at radius 3 is 2.78 bits per heavy atom. The lowest BCUT2D eigenvalue weighted by molar-refractivity contribution is 0.0540. The lowest BCUT2D eigenvalue weighted by Gasteiger charge is -2.37. The van der Waals surface area contributed by atoms with Crippen molar-refractivity contribution in [1.82, 2.24) is 30.0 Å². The van der Waals surface area contributed by atoms with Crippen LogP contribution in [0.4, 0.5) is 5.13 Å². The second kappa shape index (κ2) is 11.1. The Morgan fingerprint density at radius 2 is 2.14 bits per heavy atom. The van der Waals surface area contributed by atoms with Crippen LogP contribution in [0.3, 0.4) is 0 Å². The number of carboxylic acids is 1. The van der Waals surface area contributed by atoms with Gasteiger partial charge in [-0.1, -0.05) is 34.5 Å². The maximum absolute atomic E-state index is 12.8. The average molecular weight is 558 g/mol. The number of carbonyl (C=O) groups is 2. The average Bonchev–Trinajstić information content (AvgIpc) is 3.57. The van der Waals surface area contributed by atoms with E-state index in [9.17, 15) is 14.7 Å². The molecule has 0 spiro atoms. The summed E-state index contributed by atoms with van der Waals surface area (Å²) < 4.78 is 12.3. The number of amides is 1. The molecule has 1 aliphatic heterocycles. The standard InChI is InChI=1S/C21H25Cl2N7O5S/c1-10-13(22)14(27-17(10)23)19(31)26-11-4-5-29(8-12(11)35-3)21-28-15(16(36-21)20(32)33)18-24-9-25-30(18)6-7-34-2/h9,11-12,27H,4-8H2,1-3H3,(H,26,31)(H,32,33). The van der Waals surface area contributed by atoms with Crippen molar-refractivity contribution >= 4 is 51.5 Å². The third-order valence-electron chi connectivity index (χ3n) is 5.93. The predicted molar refractivity (Wildman–Crippen MR) is 134 cm³/mol. The monoisotopic (exact) mass is 557 g/mol. The number of piperidine rings is 1. The van der Waals surface area contributed by atoms with Crippen LogP contribution in [0.15, 0.2) is 6.33 Å². The SMILES string of the molecule is COCCn1ncnc1-c1nc(N2CCC(NC(=O)c3[nH]c(Cl)c(C)c3Cl)C(OC)C2)sc1C(=O)O. The molecule has 3 aromatic rings. The molecule has 3 N–H and O–H groups in total. The molecule has 15 heteroatoms. The maximum Gasteiger partial charge on any atom is 0.348 e. The van der Waals surface area contributed by atoms with E-state index in [1.165, 1.54) is 6.33 Å². The van der Waals surface area contributed by atoms with Crippen LogP contribution in [-0.4, -0.2) is 87.8 Å². The molecule has 0 bridgehead atoms. The minimum atomic E-state index is -1.10. The zero-order chi connectivity index (χ0) is 26.0. The summed E-state index contributed by atoms with van der Waals surface area (Å²) in [6, 6.07) is -0.298. The maximum atomic E-state index is 12.8. The number of thiazole rings is 1. The summed E-state index contributed by atoms with van der Waals surface area (Å²) >= 11 is 13.4. The van der Waals surface area contributed by atoms with Gasteiger partial charge in [-0.25, -0.2) is 19.4 Å². The van der Waals surface area contributed by atoms with Crippen LogP contribution >= 0.6 is 34.5 Å². The first-order valence-electron chi connectivity index (χ1n) is 11.0. The number of halogens is 2. The van der Waals surface area contributed by atoms with Crippen LogP contribution in [0, 0.1) is 6.92 Å². The molecule has 0 aliphatic carbocycles. The van der Waals surface area contributed by atoms with Gasteiger partial charge in [-0.2, -0.15) is 5.10 Å². The molecule has 0 radical (unpaired) electrons. The van der Waals surface area contributed by atoms with Gasteiger partial charge in [0.25, 0.3) is 5.91 Å². The van der Waals surface area contributed by atoms with Crippen molar-refractivity contribution in [3.63, 3.8) is 0 Å². The number of aromatic nitrogens is 5. The smallest absolute Gasteiger partial charge is 0.348 e. The first kappa shape index (κ1) is 26.4. The van der Waals surface area contributed by atoms with Gasteiger partial charge in [-0.15, -0.1) is 0 Å². The van der Waals surface area contributed by atoms with E-state index in [1.807, 2.05) is 4.90 Å². The molecule has 1 aliphatic rings. The number of carbonyl (C=O) groups excluding carboxylic acids is 1. The fourth-order valence-corrected chi connectivity index (χ4v) is 5.36. The van der Waals surface area contributed by atoms with Gasteiger partial charge in [-0.3, -0.25) is 4.79 Å². The minimum Gasteiger partial charge on any atom is -0.477 e. The number of anilines is 1. The van der Waals surface area contributed by atoms with E-state index in [0.717, 1.165) is 11.3 Å². The lowest BCUT2D eigenvalue weighted by atomic mass is 10.0. The van der Waals surface area contributed by atoms with Gasteiger partial charge in [0.15, 0.2) is 11.0 Å². The van der Waals surface area contributed by atoms with Crippen molar-refractivity contribution in [2.75, 3.05) is 38.8 Å². The van der Waals surface area contributed by atoms with Crippen LogP contribution in [-0.2, 0) is 16.0 Å². The van der Waals surface area contributed by atoms with Crippen LogP contribution < -0.4 is 10.2 Å². The topological polar surface area (TPSA) is 147 Å². The minimum absolute atomic E-state index is 0.0645. The molecular weight excluding hydrogens is 533 g/mol. The molecule has 0 saturated carbocycles. The number of rotatable bonds is 9. The number of carboxylic acid groups (broad SMARTS) is 1. The van der Waals surface area contributed by atoms with Crippen molar-refractivity contribution < 1.29 is 24.2 Å². The molecule has 1 fully saturated rings. The second-order valence-electron chi connectivity index (χ2n) is 8.12. The number of aromatic carboxylic acids is 1. The second-order valence-corrected chi connectivity index (χ2v) is 9.85. The molecular formula is C21H25Cl2N7O5S. The third-order valence-corrected chi connectivity index (χ3v) is 7.89. The van der Waals surface area contributed by atoms with Crippen LogP contribution in [0.25, 0.3) is 11.5 Å². The lowest BCUT2D eigenvalue weighted by Crippen LogP contribution is -2.55. The fraction of sp³-hybridized carbons (Fsp3) is 0.476. The number of aromatic amines is 1. The molecule has 1 amide bonds. The number of hydrogen-bond acceptors (Lipinski definition) is 9. The van der Waals surface area contributed by atoms with Gasteiger partial charge < -0.3 is 29.8 Å². The number of nitrogens with zero attached hydrogens (tertiary/aromatic N) is 5. The van der Waals surface area contributed by atoms with Crippen LogP contribution in [0.5, 0.6) is 0 Å². The predicted octanol–water partition coefficient (Wildman–Crippen LogP) is 2.71. The van der Waals surface area contributed by atoms with Gasteiger partial charge in [-0.05, 0) is 13.3 Å². The van der Waals surface area contributed by atoms with Crippen molar-refractivity contribution in [3.05, 3.63) is 32.6 Å². The van der Waals surface area contributed by atoms with Crippen molar-refractivity contribution in [1.29, 1.82) is 0 Å². The third kappa shape index (κ3) is 5.20. The van der Waals surface area contributed by atoms with Gasteiger partial charge in [0.1, 0.15) is 27.7 Å². The molecule has 194 valence electrons. The van der Waals surface area contributed by atoms with Crippen molar-refractivity contribution in [3.8, 4) is 11.5 Å². The molecule has 1 saturated heterocycles. The number of hydrogen-bond donors (Lipinski definition) is 3. The Hall–Kier alpha value is -2.71. The number of methoxy groups -OCH3 is 2. The number of ether oxygens (including phenoxy) is 2. The summed E-state index contributed by atoms with van der Waals surface area (Å²) in [7, 11) is 3.13. The van der Waals surface area contributed by atoms with E-state index in [2.05, 4.69) is 25.4 Å². The van der Waals surface area contributed by atoms with Crippen LogP contribution in [0.2, 0.25) is 10.2 Å². The van der Waals surface area contributed by atoms with Gasteiger partial charge >= 0.3 is 5.97 Å². The molecule has 2 atom stereocenters. The van der Waals surface area contributed by atoms with E-state index < -0.39 is 5.97 Å². The van der Waals surface area contributed by atoms with E-state index in [1.54, 1.807) is 25.8 Å². The van der Waals surface area contributed by atoms with E-state index in [0.29, 0.717) is 54.3 Å². The highest BCUT2D eigenvalue weighted by molar-refractivity contribution is 7.17. The number of nitrogens with one attached hydrogen (secondary N) is 2. The highest BCUT2D eigenvalue weighted by Gasteiger charge is 2.34. The van der Waals surface area contributed by atoms with Crippen LogP contribution in [0.1, 0.15) is 32.1 Å². The molecule has 2 unspecified atom stereocenters. The Balaban J connectivity index is 1.52. The van der Waals surface area contributed by atoms with Crippen molar-refractivity contribution in [2.24, 2.45) is 0 Å². The van der Waals surface area contributed by atoms with Gasteiger partial charge in [0.05, 0.1) is 30.3 Å². The zero-order valence-electron chi connectivity index (χ0n) is 19.7. The molecule has 4 heterocycles. The highest BCUT2D eigenvalue weighted by atomic mass is 35.5. The van der Waals surface area contributed by atoms with E-state index in [4.69, 9.17) is 32.7 Å². The highest BCUT2D eigenvalue weighted by Crippen LogP contribution is 2.34. The molecule has 0 aromatic carbocycles. The molecule has 12 nitrogen and oxygen atoms in total. The van der Waals surface area contributed by atoms with Crippen molar-refractivity contribution in [2.45, 2.75) is 32.0 Å². The van der Waals surface area contributed by atoms with Gasteiger partial charge in [0, 0.05) is 32.9 Å². The number of H-pyrrole nitrogens is 1. The van der Waals surface area contributed by atoms with Gasteiger partial charge in [0.2, 0.25) is 0 Å². The Morgan fingerprint density at radius 1 is 1.36 bits per heavy atom. The molecule has 4 rings (SSSR count). The summed E-state index contributed by atoms with van der Waals surface area (Å²) in [6.45, 7) is 3.43. The Kier molecular flexibility index (Phi) is 8.15. The first-order valence-corrected chi connectivity index (χ1v) is 12.6. The zero-order valence-corrected chi connectivity index (χ0v) is 22.1. The molecule has 36 heavy (non-hydrogen) atoms. The molecule has 3 aromatic heterocycles. The largest absolute Gasteiger partial charge is 0.477 e. The summed E-state index contributed by atoms with van der Waals surface area (Å²) in [4.78, 5) is 38.5. The summed E-state index contributed by atoms with van der Waals surface area (Å²) in [5.41, 5.74) is 1.05. The normalized spacial score (nSPS) is 18.0. The fourth-order valence-electron chi connectivity index (χ4n) is 3.96. The first-order chi connectivity index (χ1) is 17.2. The summed E-state index contributed by atoms with van der Waals surface area (Å²) in [5.74, 6) is -1.12. The Bertz CT molecular complexity index is 1260.